The van der Waals surface area contributed by atoms with E-state index in [1.54, 1.807) is 0 Å². The third-order valence-electron chi connectivity index (χ3n) is 1.72. The molecule has 1 rings (SSSR count). The zero-order chi connectivity index (χ0) is 11.4. The highest BCUT2D eigenvalue weighted by molar-refractivity contribution is 5.85. The highest BCUT2D eigenvalue weighted by Gasteiger charge is 2.08. The normalized spacial score (nSPS) is 10.5. The van der Waals surface area contributed by atoms with E-state index in [0.29, 0.717) is 5.56 Å². The van der Waals surface area contributed by atoms with Gasteiger partial charge in [-0.25, -0.2) is 4.79 Å². The number of phenolic OH excluding ortho intramolecular Hbond substituents is 2. The molecule has 0 aliphatic carbocycles. The van der Waals surface area contributed by atoms with Crippen LogP contribution in [-0.2, 0) is 4.79 Å². The molecule has 0 amide bonds. The van der Waals surface area contributed by atoms with E-state index in [1.165, 1.54) is 25.3 Å². The van der Waals surface area contributed by atoms with Gasteiger partial charge in [0, 0.05) is 6.08 Å². The predicted octanol–water partition coefficient (Wildman–Crippen LogP) is 1.20. The summed E-state index contributed by atoms with van der Waals surface area (Å²) in [5.74, 6) is -1.74. The summed E-state index contributed by atoms with van der Waals surface area (Å²) in [6.07, 6.45) is 2.20. The predicted molar refractivity (Wildman–Crippen MR) is 53.0 cm³/mol. The van der Waals surface area contributed by atoms with E-state index in [9.17, 15) is 15.0 Å². The van der Waals surface area contributed by atoms with E-state index >= 15 is 0 Å². The molecule has 0 aliphatic heterocycles. The van der Waals surface area contributed by atoms with Gasteiger partial charge in [0.15, 0.2) is 11.5 Å². The van der Waals surface area contributed by atoms with Crippen molar-refractivity contribution in [2.24, 2.45) is 0 Å². The minimum atomic E-state index is -1.10. The topological polar surface area (TPSA) is 87.0 Å². The second-order valence-electron chi connectivity index (χ2n) is 2.76. The van der Waals surface area contributed by atoms with Crippen LogP contribution in [0.4, 0.5) is 0 Å². The van der Waals surface area contributed by atoms with Gasteiger partial charge in [-0.05, 0) is 23.8 Å². The van der Waals surface area contributed by atoms with E-state index in [4.69, 9.17) is 9.84 Å². The van der Waals surface area contributed by atoms with Gasteiger partial charge < -0.3 is 20.1 Å². The summed E-state index contributed by atoms with van der Waals surface area (Å²) in [6, 6.07) is 2.64. The van der Waals surface area contributed by atoms with Gasteiger partial charge >= 0.3 is 5.97 Å². The van der Waals surface area contributed by atoms with Gasteiger partial charge in [-0.1, -0.05) is 0 Å². The quantitative estimate of drug-likeness (QED) is 0.515. The number of hydrogen-bond acceptors (Lipinski definition) is 4. The van der Waals surface area contributed by atoms with E-state index in [-0.39, 0.29) is 17.2 Å². The molecule has 0 heterocycles. The van der Waals surface area contributed by atoms with Gasteiger partial charge in [-0.3, -0.25) is 0 Å². The van der Waals surface area contributed by atoms with Gasteiger partial charge in [0.25, 0.3) is 0 Å². The fourth-order valence-corrected chi connectivity index (χ4v) is 1.03. The molecule has 0 bridgehead atoms. The number of carboxylic acids is 1. The van der Waals surface area contributed by atoms with E-state index in [0.717, 1.165) is 6.08 Å². The lowest BCUT2D eigenvalue weighted by Gasteiger charge is -2.05. The molecule has 0 atom stereocenters. The number of rotatable bonds is 3. The van der Waals surface area contributed by atoms with Crippen molar-refractivity contribution in [2.75, 3.05) is 7.11 Å². The average molecular weight is 210 g/mol. The van der Waals surface area contributed by atoms with Crippen molar-refractivity contribution < 1.29 is 24.9 Å². The minimum absolute atomic E-state index is 0.0834. The average Bonchev–Trinajstić information content (AvgIpc) is 2.19. The first kappa shape index (κ1) is 10.9. The Morgan fingerprint density at radius 2 is 2.07 bits per heavy atom. The Morgan fingerprint density at radius 3 is 2.60 bits per heavy atom. The Bertz CT molecular complexity index is 409. The fraction of sp³-hybridized carbons (Fsp3) is 0.100. The molecule has 5 heteroatoms. The molecule has 0 unspecified atom stereocenters. The molecule has 0 saturated heterocycles. The first-order chi connectivity index (χ1) is 7.04. The maximum Gasteiger partial charge on any atom is 0.328 e. The summed E-state index contributed by atoms with van der Waals surface area (Å²) in [6.45, 7) is 0. The smallest absolute Gasteiger partial charge is 0.328 e. The SMILES string of the molecule is COc1cc(/C=C\C(=O)O)cc(O)c1O. The summed E-state index contributed by atoms with van der Waals surface area (Å²) >= 11 is 0. The molecular weight excluding hydrogens is 200 g/mol. The summed E-state index contributed by atoms with van der Waals surface area (Å²) in [5.41, 5.74) is 0.421. The first-order valence-corrected chi connectivity index (χ1v) is 4.05. The second-order valence-corrected chi connectivity index (χ2v) is 2.76. The highest BCUT2D eigenvalue weighted by atomic mass is 16.5. The van der Waals surface area contributed by atoms with Crippen LogP contribution in [0.3, 0.4) is 0 Å². The van der Waals surface area contributed by atoms with Crippen LogP contribution < -0.4 is 4.74 Å². The van der Waals surface area contributed by atoms with Crippen molar-refractivity contribution in [3.63, 3.8) is 0 Å². The Kier molecular flexibility index (Phi) is 3.17. The molecule has 0 aliphatic rings. The zero-order valence-corrected chi connectivity index (χ0v) is 7.97. The number of ether oxygens (including phenoxy) is 1. The number of phenols is 2. The maximum atomic E-state index is 10.2. The van der Waals surface area contributed by atoms with Gasteiger partial charge in [-0.15, -0.1) is 0 Å². The van der Waals surface area contributed by atoms with E-state index in [2.05, 4.69) is 0 Å². The highest BCUT2D eigenvalue weighted by Crippen LogP contribution is 2.36. The molecule has 0 spiro atoms. The number of aliphatic carboxylic acids is 1. The standard InChI is InChI=1S/C10H10O5/c1-15-8-5-6(2-3-9(12)13)4-7(11)10(8)14/h2-5,11,14H,1H3,(H,12,13)/b3-2-. The lowest BCUT2D eigenvalue weighted by Crippen LogP contribution is -1.88. The Labute approximate surface area is 85.9 Å². The van der Waals surface area contributed by atoms with Crippen LogP contribution in [-0.4, -0.2) is 28.4 Å². The van der Waals surface area contributed by atoms with Crippen LogP contribution in [0, 0.1) is 0 Å². The molecule has 1 aromatic carbocycles. The maximum absolute atomic E-state index is 10.2. The fourth-order valence-electron chi connectivity index (χ4n) is 1.03. The first-order valence-electron chi connectivity index (χ1n) is 4.05. The second kappa shape index (κ2) is 4.36. The summed E-state index contributed by atoms with van der Waals surface area (Å²) in [5, 5.41) is 26.9. The molecule has 80 valence electrons. The molecule has 0 aromatic heterocycles. The lowest BCUT2D eigenvalue weighted by molar-refractivity contribution is -0.131. The van der Waals surface area contributed by atoms with Crippen molar-refractivity contribution in [1.29, 1.82) is 0 Å². The van der Waals surface area contributed by atoms with Crippen molar-refractivity contribution in [3.05, 3.63) is 23.8 Å². The monoisotopic (exact) mass is 210 g/mol. The molecule has 1 aromatic rings. The molecular formula is C10H10O5. The number of carbonyl (C=O) groups is 1. The minimum Gasteiger partial charge on any atom is -0.504 e. The van der Waals surface area contributed by atoms with Crippen molar-refractivity contribution in [1.82, 2.24) is 0 Å². The number of benzene rings is 1. The Morgan fingerprint density at radius 1 is 1.40 bits per heavy atom. The molecule has 0 radical (unpaired) electrons. The number of methoxy groups -OCH3 is 1. The molecule has 0 saturated carbocycles. The van der Waals surface area contributed by atoms with Gasteiger partial charge in [-0.2, -0.15) is 0 Å². The third-order valence-corrected chi connectivity index (χ3v) is 1.72. The van der Waals surface area contributed by atoms with Gasteiger partial charge in [0.2, 0.25) is 5.75 Å². The zero-order valence-electron chi connectivity index (χ0n) is 7.97. The van der Waals surface area contributed by atoms with E-state index < -0.39 is 5.97 Å². The molecule has 3 N–H and O–H groups in total. The van der Waals surface area contributed by atoms with Gasteiger partial charge in [0.1, 0.15) is 0 Å². The van der Waals surface area contributed by atoms with Crippen LogP contribution in [0.1, 0.15) is 5.56 Å². The number of hydrogen-bond donors (Lipinski definition) is 3. The Balaban J connectivity index is 3.11. The molecule has 0 fully saturated rings. The number of aromatic hydroxyl groups is 2. The third kappa shape index (κ3) is 2.63. The van der Waals surface area contributed by atoms with Crippen molar-refractivity contribution in [2.45, 2.75) is 0 Å². The van der Waals surface area contributed by atoms with Crippen LogP contribution in [0.5, 0.6) is 17.2 Å². The molecule has 15 heavy (non-hydrogen) atoms. The molecule has 5 nitrogen and oxygen atoms in total. The largest absolute Gasteiger partial charge is 0.504 e. The van der Waals surface area contributed by atoms with Crippen LogP contribution in [0.15, 0.2) is 18.2 Å². The van der Waals surface area contributed by atoms with E-state index in [1.807, 2.05) is 0 Å². The summed E-state index contributed by atoms with van der Waals surface area (Å²) in [4.78, 5) is 10.2. The summed E-state index contributed by atoms with van der Waals surface area (Å²) < 4.78 is 4.78. The van der Waals surface area contributed by atoms with Crippen LogP contribution >= 0.6 is 0 Å². The number of carboxylic acid groups (broad SMARTS) is 1. The van der Waals surface area contributed by atoms with Crippen molar-refractivity contribution >= 4 is 12.0 Å². The van der Waals surface area contributed by atoms with Crippen LogP contribution in [0.25, 0.3) is 6.08 Å². The van der Waals surface area contributed by atoms with Gasteiger partial charge in [0.05, 0.1) is 7.11 Å². The lowest BCUT2D eigenvalue weighted by atomic mass is 10.1. The Hall–Kier alpha value is -2.17. The van der Waals surface area contributed by atoms with Crippen LogP contribution in [0.2, 0.25) is 0 Å². The summed E-state index contributed by atoms with van der Waals surface area (Å²) in [7, 11) is 1.33. The van der Waals surface area contributed by atoms with Crippen molar-refractivity contribution in [3.8, 4) is 17.2 Å².